The van der Waals surface area contributed by atoms with Gasteiger partial charge in [-0.3, -0.25) is 14.4 Å². The Hall–Kier alpha value is -3.22. The van der Waals surface area contributed by atoms with E-state index in [-0.39, 0.29) is 41.6 Å². The number of amides is 2. The third-order valence-corrected chi connectivity index (χ3v) is 5.12. The summed E-state index contributed by atoms with van der Waals surface area (Å²) in [4.78, 5) is 48.1. The Kier molecular flexibility index (Phi) is 5.44. The van der Waals surface area contributed by atoms with E-state index < -0.39 is 11.5 Å². The van der Waals surface area contributed by atoms with Crippen LogP contribution in [0, 0.1) is 12.8 Å². The maximum absolute atomic E-state index is 12.8. The Morgan fingerprint density at radius 3 is 2.61 bits per heavy atom. The predicted octanol–water partition coefficient (Wildman–Crippen LogP) is 1.18. The van der Waals surface area contributed by atoms with Crippen molar-refractivity contribution < 1.29 is 14.4 Å². The van der Waals surface area contributed by atoms with Crippen LogP contribution in [-0.4, -0.2) is 28.7 Å². The van der Waals surface area contributed by atoms with Crippen molar-refractivity contribution in [3.05, 3.63) is 68.6 Å². The Balaban J connectivity index is 2.01. The number of aldehydes is 1. The molecule has 1 saturated carbocycles. The third-order valence-electron chi connectivity index (χ3n) is 5.12. The standard InChI is InChI=1S/C21H23N3O4/c1-12-8-17(12)23-20(27)16-11-24(21(28)18(13(16)2)19(22)26)10-15-5-3-4-14(9-15)6-7-25/h3-5,7,9,11-12,17H,6,8,10H2,1-2H3,(H2,22,26)(H,23,27)/t12-,17-/m0/s1. The van der Waals surface area contributed by atoms with Crippen LogP contribution in [-0.2, 0) is 17.8 Å². The third kappa shape index (κ3) is 4.03. The minimum atomic E-state index is -0.861. The summed E-state index contributed by atoms with van der Waals surface area (Å²) in [5.41, 5.74) is 6.85. The second-order valence-electron chi connectivity index (χ2n) is 7.32. The number of rotatable bonds is 7. The van der Waals surface area contributed by atoms with Crippen LogP contribution in [0.4, 0.5) is 0 Å². The highest BCUT2D eigenvalue weighted by atomic mass is 16.2. The molecule has 1 heterocycles. The summed E-state index contributed by atoms with van der Waals surface area (Å²) >= 11 is 0. The second kappa shape index (κ2) is 7.80. The van der Waals surface area contributed by atoms with Gasteiger partial charge in [-0.2, -0.15) is 0 Å². The van der Waals surface area contributed by atoms with Gasteiger partial charge in [0.1, 0.15) is 11.8 Å². The van der Waals surface area contributed by atoms with Gasteiger partial charge in [0.25, 0.3) is 17.4 Å². The molecule has 0 bridgehead atoms. The van der Waals surface area contributed by atoms with E-state index >= 15 is 0 Å². The number of nitrogens with two attached hydrogens (primary N) is 1. The largest absolute Gasteiger partial charge is 0.365 e. The molecule has 2 atom stereocenters. The molecular formula is C21H23N3O4. The van der Waals surface area contributed by atoms with Gasteiger partial charge in [-0.25, -0.2) is 0 Å². The van der Waals surface area contributed by atoms with E-state index in [1.54, 1.807) is 13.0 Å². The topological polar surface area (TPSA) is 111 Å². The van der Waals surface area contributed by atoms with Gasteiger partial charge >= 0.3 is 0 Å². The number of nitrogens with one attached hydrogen (secondary N) is 1. The Morgan fingerprint density at radius 2 is 2.00 bits per heavy atom. The van der Waals surface area contributed by atoms with Crippen molar-refractivity contribution in [1.82, 2.24) is 9.88 Å². The van der Waals surface area contributed by atoms with Gasteiger partial charge in [-0.05, 0) is 36.0 Å². The number of aromatic nitrogens is 1. The zero-order chi connectivity index (χ0) is 20.4. The molecule has 2 aromatic rings. The van der Waals surface area contributed by atoms with Crippen molar-refractivity contribution in [1.29, 1.82) is 0 Å². The first-order valence-electron chi connectivity index (χ1n) is 9.18. The first kappa shape index (κ1) is 19.5. The van der Waals surface area contributed by atoms with Crippen LogP contribution in [0.1, 0.15) is 50.8 Å². The number of nitrogens with zero attached hydrogens (tertiary/aromatic N) is 1. The van der Waals surface area contributed by atoms with Crippen LogP contribution < -0.4 is 16.6 Å². The molecule has 0 radical (unpaired) electrons. The van der Waals surface area contributed by atoms with Gasteiger partial charge in [-0.15, -0.1) is 0 Å². The lowest BCUT2D eigenvalue weighted by atomic mass is 10.0. The van der Waals surface area contributed by atoms with E-state index in [2.05, 4.69) is 5.32 Å². The molecule has 0 saturated heterocycles. The second-order valence-corrected chi connectivity index (χ2v) is 7.32. The normalized spacial score (nSPS) is 17.8. The molecule has 7 heteroatoms. The lowest BCUT2D eigenvalue weighted by molar-refractivity contribution is -0.107. The highest BCUT2D eigenvalue weighted by molar-refractivity contribution is 6.01. The number of primary amides is 1. The molecule has 7 nitrogen and oxygen atoms in total. The molecule has 146 valence electrons. The Bertz CT molecular complexity index is 1010. The van der Waals surface area contributed by atoms with Gasteiger partial charge in [-0.1, -0.05) is 31.2 Å². The number of benzene rings is 1. The van der Waals surface area contributed by atoms with E-state index in [1.165, 1.54) is 10.8 Å². The van der Waals surface area contributed by atoms with Gasteiger partial charge in [0.05, 0.1) is 12.1 Å². The van der Waals surface area contributed by atoms with E-state index in [9.17, 15) is 19.2 Å². The van der Waals surface area contributed by atoms with Crippen molar-refractivity contribution in [2.75, 3.05) is 0 Å². The molecule has 1 aliphatic rings. The van der Waals surface area contributed by atoms with Crippen molar-refractivity contribution in [2.24, 2.45) is 11.7 Å². The summed E-state index contributed by atoms with van der Waals surface area (Å²) in [6.45, 7) is 3.76. The van der Waals surface area contributed by atoms with Crippen molar-refractivity contribution in [2.45, 2.75) is 39.3 Å². The molecule has 28 heavy (non-hydrogen) atoms. The van der Waals surface area contributed by atoms with Crippen molar-refractivity contribution in [3.8, 4) is 0 Å². The lowest BCUT2D eigenvalue weighted by Gasteiger charge is -2.15. The highest BCUT2D eigenvalue weighted by Crippen LogP contribution is 2.29. The minimum absolute atomic E-state index is 0.115. The zero-order valence-corrected chi connectivity index (χ0v) is 15.9. The molecule has 0 spiro atoms. The van der Waals surface area contributed by atoms with E-state index in [4.69, 9.17) is 5.73 Å². The van der Waals surface area contributed by atoms with Crippen LogP contribution in [0.3, 0.4) is 0 Å². The quantitative estimate of drug-likeness (QED) is 0.702. The first-order chi connectivity index (χ1) is 13.3. The van der Waals surface area contributed by atoms with Crippen LogP contribution in [0.5, 0.6) is 0 Å². The Labute approximate surface area is 162 Å². The van der Waals surface area contributed by atoms with E-state index in [1.807, 2.05) is 25.1 Å². The number of pyridine rings is 1. The SMILES string of the molecule is Cc1c(C(=O)N[C@H]2C[C@@H]2C)cn(Cc2cccc(CC=O)c2)c(=O)c1C(N)=O. The fourth-order valence-electron chi connectivity index (χ4n) is 3.30. The smallest absolute Gasteiger partial charge is 0.264 e. The number of carbonyl (C=O) groups is 3. The number of hydrogen-bond donors (Lipinski definition) is 2. The van der Waals surface area contributed by atoms with E-state index in [0.29, 0.717) is 5.92 Å². The molecule has 0 unspecified atom stereocenters. The molecule has 3 N–H and O–H groups in total. The molecule has 0 aliphatic heterocycles. The van der Waals surface area contributed by atoms with Crippen molar-refractivity contribution >= 4 is 18.1 Å². The van der Waals surface area contributed by atoms with Gasteiger partial charge in [0.15, 0.2) is 0 Å². The summed E-state index contributed by atoms with van der Waals surface area (Å²) in [6.07, 6.45) is 3.47. The monoisotopic (exact) mass is 381 g/mol. The summed E-state index contributed by atoms with van der Waals surface area (Å²) in [6, 6.07) is 7.36. The molecule has 3 rings (SSSR count). The van der Waals surface area contributed by atoms with Gasteiger partial charge < -0.3 is 20.4 Å². The van der Waals surface area contributed by atoms with Crippen LogP contribution >= 0.6 is 0 Å². The average molecular weight is 381 g/mol. The number of carbonyl (C=O) groups excluding carboxylic acids is 3. The highest BCUT2D eigenvalue weighted by Gasteiger charge is 2.34. The summed E-state index contributed by atoms with van der Waals surface area (Å²) < 4.78 is 1.32. The predicted molar refractivity (Wildman–Crippen MR) is 104 cm³/mol. The maximum atomic E-state index is 12.8. The molecule has 1 fully saturated rings. The lowest BCUT2D eigenvalue weighted by Crippen LogP contribution is -2.35. The van der Waals surface area contributed by atoms with Gasteiger partial charge in [0.2, 0.25) is 0 Å². The van der Waals surface area contributed by atoms with Crippen LogP contribution in [0.25, 0.3) is 0 Å². The zero-order valence-electron chi connectivity index (χ0n) is 15.9. The molecular weight excluding hydrogens is 358 g/mol. The minimum Gasteiger partial charge on any atom is -0.365 e. The fourth-order valence-corrected chi connectivity index (χ4v) is 3.30. The molecule has 2 amide bonds. The molecule has 1 aromatic heterocycles. The van der Waals surface area contributed by atoms with Gasteiger partial charge in [0, 0.05) is 18.7 Å². The Morgan fingerprint density at radius 1 is 1.32 bits per heavy atom. The molecule has 1 aliphatic carbocycles. The summed E-state index contributed by atoms with van der Waals surface area (Å²) in [5, 5.41) is 2.92. The first-order valence-corrected chi connectivity index (χ1v) is 9.18. The maximum Gasteiger partial charge on any atom is 0.264 e. The van der Waals surface area contributed by atoms with Crippen LogP contribution in [0.15, 0.2) is 35.3 Å². The fraction of sp³-hybridized carbons (Fsp3) is 0.333. The number of hydrogen-bond acceptors (Lipinski definition) is 4. The van der Waals surface area contributed by atoms with E-state index in [0.717, 1.165) is 23.8 Å². The summed E-state index contributed by atoms with van der Waals surface area (Å²) in [7, 11) is 0. The summed E-state index contributed by atoms with van der Waals surface area (Å²) in [5.74, 6) is -0.760. The van der Waals surface area contributed by atoms with Crippen molar-refractivity contribution in [3.63, 3.8) is 0 Å². The average Bonchev–Trinajstić information content (AvgIpc) is 3.32. The van der Waals surface area contributed by atoms with Crippen LogP contribution in [0.2, 0.25) is 0 Å². The molecule has 1 aromatic carbocycles.